The predicted molar refractivity (Wildman–Crippen MR) is 204 cm³/mol. The molecule has 256 valence electrons. The molecular weight excluding hydrogens is 562 g/mol. The van der Waals surface area contributed by atoms with Crippen molar-refractivity contribution in [1.82, 2.24) is 14.1 Å². The van der Waals surface area contributed by atoms with Crippen LogP contribution in [0.5, 0.6) is 0 Å². The molecule has 0 aliphatic heterocycles. The third-order valence-corrected chi connectivity index (χ3v) is 8.39. The third kappa shape index (κ3) is 13.1. The largest absolute Gasteiger partial charge is 0.494 e. The van der Waals surface area contributed by atoms with Crippen molar-refractivity contribution in [2.75, 3.05) is 6.61 Å². The topological polar surface area (TPSA) is 23.0 Å². The molecule has 0 aliphatic rings. The van der Waals surface area contributed by atoms with Crippen LogP contribution in [0, 0.1) is 5.92 Å². The SMILES string of the molecule is C=C(C)C(=C)OCCCC/C=C/C(C)CCCc1cc(-n2n3cccc(C(=C)CCC)ccn23)cc(C(C)(C)CC)c1.CC.CC. The number of nitrogens with zero attached hydrogens (tertiary/aromatic N) is 3. The molecule has 0 saturated carbocycles. The molecule has 0 bridgehead atoms. The van der Waals surface area contributed by atoms with E-state index in [2.05, 4.69) is 129 Å². The summed E-state index contributed by atoms with van der Waals surface area (Å²) < 4.78 is 9.93. The summed E-state index contributed by atoms with van der Waals surface area (Å²) in [6.07, 6.45) is 19.0. The number of benzene rings is 1. The number of aryl methyl sites for hydroxylation is 1. The highest BCUT2D eigenvalue weighted by atomic mass is 16.5. The molecule has 1 atom stereocenters. The minimum Gasteiger partial charge on any atom is -0.494 e. The van der Waals surface area contributed by atoms with Gasteiger partial charge >= 0.3 is 0 Å². The number of unbranched alkanes of at least 4 members (excludes halogenated alkanes) is 2. The maximum absolute atomic E-state index is 5.61. The van der Waals surface area contributed by atoms with Crippen molar-refractivity contribution in [2.24, 2.45) is 5.92 Å². The molecular formula is C42H67N3O. The smallest absolute Gasteiger partial charge is 0.114 e. The van der Waals surface area contributed by atoms with E-state index in [1.807, 2.05) is 34.6 Å². The van der Waals surface area contributed by atoms with Crippen LogP contribution in [0.2, 0.25) is 0 Å². The molecule has 0 N–H and O–H groups in total. The van der Waals surface area contributed by atoms with Gasteiger partial charge in [-0.1, -0.05) is 113 Å². The fraction of sp³-hybridized carbons (Fsp3) is 0.524. The lowest BCUT2D eigenvalue weighted by Crippen LogP contribution is -2.16. The Morgan fingerprint density at radius 1 is 0.935 bits per heavy atom. The fourth-order valence-corrected chi connectivity index (χ4v) is 5.02. The average Bonchev–Trinajstić information content (AvgIpc) is 3.73. The molecule has 4 nitrogen and oxygen atoms in total. The first-order valence-electron chi connectivity index (χ1n) is 18.0. The minimum absolute atomic E-state index is 0.126. The van der Waals surface area contributed by atoms with Crippen LogP contribution in [0.1, 0.15) is 137 Å². The highest BCUT2D eigenvalue weighted by Gasteiger charge is 2.21. The average molecular weight is 630 g/mol. The Labute approximate surface area is 283 Å². The second-order valence-electron chi connectivity index (χ2n) is 12.5. The lowest BCUT2D eigenvalue weighted by Gasteiger charge is -2.24. The number of hydrogen-bond acceptors (Lipinski definition) is 1. The Morgan fingerprint density at radius 2 is 1.63 bits per heavy atom. The number of aromatic nitrogens is 3. The van der Waals surface area contributed by atoms with Gasteiger partial charge in [-0.2, -0.15) is 14.1 Å². The van der Waals surface area contributed by atoms with E-state index in [9.17, 15) is 0 Å². The van der Waals surface area contributed by atoms with Crippen molar-refractivity contribution in [1.29, 1.82) is 0 Å². The molecule has 1 aromatic carbocycles. The van der Waals surface area contributed by atoms with Crippen molar-refractivity contribution >= 4 is 5.57 Å². The monoisotopic (exact) mass is 630 g/mol. The van der Waals surface area contributed by atoms with E-state index < -0.39 is 0 Å². The normalized spacial score (nSPS) is 11.8. The summed E-state index contributed by atoms with van der Waals surface area (Å²) in [5.74, 6) is 1.29. The van der Waals surface area contributed by atoms with Crippen LogP contribution < -0.4 is 0 Å². The molecule has 0 aliphatic carbocycles. The van der Waals surface area contributed by atoms with Gasteiger partial charge in [0.2, 0.25) is 0 Å². The maximum atomic E-state index is 5.61. The lowest BCUT2D eigenvalue weighted by molar-refractivity contribution is 0.215. The van der Waals surface area contributed by atoms with Crippen LogP contribution in [-0.4, -0.2) is 20.7 Å². The molecule has 4 heteroatoms. The Morgan fingerprint density at radius 3 is 2.28 bits per heavy atom. The van der Waals surface area contributed by atoms with E-state index in [1.165, 1.54) is 40.8 Å². The van der Waals surface area contributed by atoms with Crippen molar-refractivity contribution in [2.45, 2.75) is 132 Å². The van der Waals surface area contributed by atoms with Gasteiger partial charge in [-0.25, -0.2) is 0 Å². The lowest BCUT2D eigenvalue weighted by atomic mass is 9.81. The van der Waals surface area contributed by atoms with Gasteiger partial charge in [-0.05, 0) is 122 Å². The Bertz CT molecular complexity index is 1390. The van der Waals surface area contributed by atoms with E-state index >= 15 is 0 Å². The van der Waals surface area contributed by atoms with Crippen molar-refractivity contribution in [3.05, 3.63) is 109 Å². The number of fused-ring (bicyclic) bond motifs is 1. The minimum atomic E-state index is 0.126. The Kier molecular flexibility index (Phi) is 18.9. The zero-order valence-corrected chi connectivity index (χ0v) is 31.3. The highest BCUT2D eigenvalue weighted by Crippen LogP contribution is 2.31. The highest BCUT2D eigenvalue weighted by molar-refractivity contribution is 5.62. The molecule has 0 amide bonds. The third-order valence-electron chi connectivity index (χ3n) is 8.39. The van der Waals surface area contributed by atoms with E-state index in [0.717, 1.165) is 57.1 Å². The van der Waals surface area contributed by atoms with E-state index in [0.29, 0.717) is 11.7 Å². The van der Waals surface area contributed by atoms with E-state index in [-0.39, 0.29) is 5.41 Å². The van der Waals surface area contributed by atoms with Gasteiger partial charge in [0.25, 0.3) is 0 Å². The second kappa shape index (κ2) is 21.4. The molecule has 1 unspecified atom stereocenters. The van der Waals surface area contributed by atoms with Crippen LogP contribution in [0.25, 0.3) is 11.3 Å². The quantitative estimate of drug-likeness (QED) is 0.0594. The molecule has 3 aromatic rings. The molecule has 0 radical (unpaired) electrons. The number of rotatable bonds is 18. The molecule has 3 rings (SSSR count). The van der Waals surface area contributed by atoms with Gasteiger partial charge in [0.15, 0.2) is 0 Å². The van der Waals surface area contributed by atoms with Crippen LogP contribution >= 0.6 is 0 Å². The zero-order chi connectivity index (χ0) is 34.7. The summed E-state index contributed by atoms with van der Waals surface area (Å²) >= 11 is 0. The molecule has 0 saturated heterocycles. The number of hydrogen-bond donors (Lipinski definition) is 0. The number of allylic oxidation sites excluding steroid dienone is 4. The molecule has 0 spiro atoms. The molecule has 46 heavy (non-hydrogen) atoms. The van der Waals surface area contributed by atoms with Gasteiger partial charge in [-0.3, -0.25) is 0 Å². The van der Waals surface area contributed by atoms with Gasteiger partial charge in [-0.15, -0.1) is 0 Å². The zero-order valence-electron chi connectivity index (χ0n) is 31.3. The molecule has 2 aromatic heterocycles. The van der Waals surface area contributed by atoms with Crippen molar-refractivity contribution in [3.63, 3.8) is 0 Å². The summed E-state index contributed by atoms with van der Waals surface area (Å²) in [6.45, 7) is 34.2. The predicted octanol–water partition coefficient (Wildman–Crippen LogP) is 12.7. The van der Waals surface area contributed by atoms with Gasteiger partial charge < -0.3 is 4.74 Å². The first kappa shape index (κ1) is 40.6. The summed E-state index contributed by atoms with van der Waals surface area (Å²) in [5.41, 5.74) is 7.46. The van der Waals surface area contributed by atoms with Gasteiger partial charge in [0, 0.05) is 6.20 Å². The van der Waals surface area contributed by atoms with Crippen LogP contribution in [0.3, 0.4) is 0 Å². The van der Waals surface area contributed by atoms with Gasteiger partial charge in [0.05, 0.1) is 18.5 Å². The summed E-state index contributed by atoms with van der Waals surface area (Å²) in [5, 5.41) is 0. The van der Waals surface area contributed by atoms with E-state index in [1.54, 1.807) is 0 Å². The van der Waals surface area contributed by atoms with Crippen LogP contribution in [0.4, 0.5) is 0 Å². The fourth-order valence-electron chi connectivity index (χ4n) is 5.02. The number of ether oxygens (including phenoxy) is 1. The summed E-state index contributed by atoms with van der Waals surface area (Å²) in [4.78, 5) is 2.25. The maximum Gasteiger partial charge on any atom is 0.114 e. The summed E-state index contributed by atoms with van der Waals surface area (Å²) in [7, 11) is 0. The van der Waals surface area contributed by atoms with E-state index in [4.69, 9.17) is 4.74 Å². The van der Waals surface area contributed by atoms with Crippen molar-refractivity contribution in [3.8, 4) is 5.69 Å². The first-order chi connectivity index (χ1) is 22.1. The van der Waals surface area contributed by atoms with Crippen LogP contribution in [-0.2, 0) is 16.6 Å². The Balaban J connectivity index is 0.00000254. The summed E-state index contributed by atoms with van der Waals surface area (Å²) in [6, 6.07) is 13.6. The van der Waals surface area contributed by atoms with Gasteiger partial charge in [0.1, 0.15) is 5.76 Å². The molecule has 2 heterocycles. The second-order valence-corrected chi connectivity index (χ2v) is 12.5. The van der Waals surface area contributed by atoms with Crippen molar-refractivity contribution < 1.29 is 4.74 Å². The standard InChI is InChI=1S/C38H55N3O.2C2H6/c1-10-18-32(6)35-22-17-24-39-40(25-23-35)41(39)37-28-34(27-36(29-37)38(8,9)11-2)21-16-20-31(5)19-14-12-13-15-26-42-33(7)30(3)4;2*1-2/h14,17,19,22-25,27-29,31H,3,6-7,10-13,15-16,18,20-21,26H2,1-2,4-5,8-9H3;2*1-2H3/b19-14+,24-17?,25-23?,35-22?;;. The first-order valence-corrected chi connectivity index (χ1v) is 18.0. The Hall–Kier alpha value is -3.40. The molecule has 0 fully saturated rings. The van der Waals surface area contributed by atoms with Crippen LogP contribution in [0.15, 0.2) is 92.0 Å².